The smallest absolute Gasteiger partial charge is 0.324 e. The Kier molecular flexibility index (Phi) is 8.35. The molecule has 0 spiro atoms. The van der Waals surface area contributed by atoms with Crippen molar-refractivity contribution < 1.29 is 23.9 Å². The number of anilines is 2. The Labute approximate surface area is 253 Å². The van der Waals surface area contributed by atoms with Crippen molar-refractivity contribution in [3.63, 3.8) is 0 Å². The lowest BCUT2D eigenvalue weighted by Crippen LogP contribution is -2.28. The van der Waals surface area contributed by atoms with Crippen LogP contribution in [0.15, 0.2) is 53.1 Å². The van der Waals surface area contributed by atoms with Gasteiger partial charge in [0.15, 0.2) is 5.82 Å². The fourth-order valence-corrected chi connectivity index (χ4v) is 6.13. The zero-order valence-corrected chi connectivity index (χ0v) is 25.3. The van der Waals surface area contributed by atoms with Gasteiger partial charge in [-0.15, -0.1) is 11.3 Å². The molecule has 5 aromatic rings. The number of aromatic nitrogens is 3. The van der Waals surface area contributed by atoms with Crippen LogP contribution in [-0.4, -0.2) is 76.7 Å². The Balaban J connectivity index is 1.04. The number of nitrogens with one attached hydrogen (secondary N) is 3. The second-order valence-electron chi connectivity index (χ2n) is 11.7. The molecule has 1 saturated heterocycles. The predicted octanol–water partition coefficient (Wildman–Crippen LogP) is 5.84. The van der Waals surface area contributed by atoms with E-state index in [2.05, 4.69) is 37.8 Å². The molecular formula is C31H36N6O5S. The van der Waals surface area contributed by atoms with Gasteiger partial charge in [0.05, 0.1) is 24.8 Å². The summed E-state index contributed by atoms with van der Waals surface area (Å²) in [7, 11) is 0. The van der Waals surface area contributed by atoms with E-state index in [-0.39, 0.29) is 18.1 Å². The summed E-state index contributed by atoms with van der Waals surface area (Å²) in [5.74, 6) is 2.67. The van der Waals surface area contributed by atoms with Crippen LogP contribution in [0.1, 0.15) is 33.0 Å². The number of thiophene rings is 1. The SMILES string of the molecule is CC(C)(C)c1cc(NC(=O)Nc2ccc(-c3nc4sc5cc(OCCN6CC[C@@H](OCCO)C6)ccc5c4[nH]3)cc2)no1. The van der Waals surface area contributed by atoms with Crippen molar-refractivity contribution in [2.45, 2.75) is 38.7 Å². The van der Waals surface area contributed by atoms with Crippen molar-refractivity contribution in [2.24, 2.45) is 0 Å². The number of nitrogens with zero attached hydrogens (tertiary/aromatic N) is 3. The number of rotatable bonds is 10. The molecule has 1 aliphatic heterocycles. The molecule has 0 aliphatic carbocycles. The highest BCUT2D eigenvalue weighted by Gasteiger charge is 2.23. The standard InChI is InChI=1S/C31H36N6O5S/c1-31(2,3)25-17-26(36-42-25)33-30(39)32-20-6-4-19(5-7-20)28-34-27-23-9-8-21(16-24(23)43-29(27)35-28)40-14-12-37-11-10-22(18-37)41-15-13-38/h4-9,16-17,22,38H,10-15,18H2,1-3H3,(H,34,35)(H2,32,33,36,39)/t22-/m1/s1. The highest BCUT2D eigenvalue weighted by atomic mass is 32.1. The van der Waals surface area contributed by atoms with Crippen molar-refractivity contribution in [3.8, 4) is 17.1 Å². The van der Waals surface area contributed by atoms with E-state index in [1.807, 2.05) is 51.1 Å². The number of carbonyl (C=O) groups excluding carboxylic acids is 1. The number of hydrogen-bond donors (Lipinski definition) is 4. The lowest BCUT2D eigenvalue weighted by molar-refractivity contribution is 0.0335. The van der Waals surface area contributed by atoms with Gasteiger partial charge in [-0.25, -0.2) is 9.78 Å². The number of ether oxygens (including phenoxy) is 2. The first-order valence-corrected chi connectivity index (χ1v) is 15.2. The third kappa shape index (κ3) is 6.83. The van der Waals surface area contributed by atoms with Crippen LogP contribution in [0.4, 0.5) is 16.3 Å². The molecule has 0 radical (unpaired) electrons. The van der Waals surface area contributed by atoms with E-state index >= 15 is 0 Å². The number of imidazole rings is 1. The maximum Gasteiger partial charge on any atom is 0.324 e. The Morgan fingerprint density at radius 1 is 1.16 bits per heavy atom. The molecule has 4 heterocycles. The molecule has 0 bridgehead atoms. The van der Waals surface area contributed by atoms with Gasteiger partial charge < -0.3 is 29.4 Å². The second kappa shape index (κ2) is 12.3. The van der Waals surface area contributed by atoms with Gasteiger partial charge in [0.1, 0.15) is 28.8 Å². The minimum absolute atomic E-state index is 0.0636. The van der Waals surface area contributed by atoms with Crippen LogP contribution in [0.2, 0.25) is 0 Å². The molecule has 43 heavy (non-hydrogen) atoms. The molecule has 0 saturated carbocycles. The lowest BCUT2D eigenvalue weighted by atomic mass is 9.93. The Morgan fingerprint density at radius 3 is 2.77 bits per heavy atom. The molecule has 3 aromatic heterocycles. The lowest BCUT2D eigenvalue weighted by Gasteiger charge is -2.16. The van der Waals surface area contributed by atoms with Crippen molar-refractivity contribution in [1.82, 2.24) is 20.0 Å². The number of aliphatic hydroxyl groups excluding tert-OH is 1. The summed E-state index contributed by atoms with van der Waals surface area (Å²) in [6, 6.07) is 15.0. The minimum atomic E-state index is -0.400. The third-order valence-electron chi connectivity index (χ3n) is 7.36. The highest BCUT2D eigenvalue weighted by Crippen LogP contribution is 2.36. The molecule has 1 aliphatic rings. The van der Waals surface area contributed by atoms with Gasteiger partial charge in [-0.2, -0.15) is 0 Å². The summed E-state index contributed by atoms with van der Waals surface area (Å²) in [4.78, 5) is 24.0. The summed E-state index contributed by atoms with van der Waals surface area (Å²) in [5.41, 5.74) is 2.36. The van der Waals surface area contributed by atoms with Gasteiger partial charge in [0.2, 0.25) is 0 Å². The highest BCUT2D eigenvalue weighted by molar-refractivity contribution is 7.25. The number of H-pyrrole nitrogens is 1. The van der Waals surface area contributed by atoms with Gasteiger partial charge in [-0.3, -0.25) is 10.2 Å². The summed E-state index contributed by atoms with van der Waals surface area (Å²) in [6.07, 6.45) is 1.19. The molecule has 2 amide bonds. The van der Waals surface area contributed by atoms with Crippen LogP contribution in [0.5, 0.6) is 5.75 Å². The molecule has 0 unspecified atom stereocenters. The topological polar surface area (TPSA) is 138 Å². The van der Waals surface area contributed by atoms with Gasteiger partial charge >= 0.3 is 6.03 Å². The fourth-order valence-electron chi connectivity index (χ4n) is 5.06. The quantitative estimate of drug-likeness (QED) is 0.156. The normalized spacial score (nSPS) is 15.9. The van der Waals surface area contributed by atoms with Crippen molar-refractivity contribution in [3.05, 3.63) is 54.3 Å². The van der Waals surface area contributed by atoms with Gasteiger partial charge in [-0.1, -0.05) is 25.9 Å². The van der Waals surface area contributed by atoms with E-state index in [1.165, 1.54) is 0 Å². The number of fused-ring (bicyclic) bond motifs is 3. The van der Waals surface area contributed by atoms with Crippen LogP contribution < -0.4 is 15.4 Å². The number of benzene rings is 2. The number of hydrogen-bond acceptors (Lipinski definition) is 9. The first-order chi connectivity index (χ1) is 20.7. The summed E-state index contributed by atoms with van der Waals surface area (Å²) in [5, 5.41) is 19.5. The zero-order valence-electron chi connectivity index (χ0n) is 24.5. The van der Waals surface area contributed by atoms with Gasteiger partial charge in [0.25, 0.3) is 0 Å². The molecular weight excluding hydrogens is 568 g/mol. The minimum Gasteiger partial charge on any atom is -0.492 e. The van der Waals surface area contributed by atoms with Crippen LogP contribution in [0, 0.1) is 0 Å². The summed E-state index contributed by atoms with van der Waals surface area (Å²) >= 11 is 1.62. The Morgan fingerprint density at radius 2 is 2.00 bits per heavy atom. The zero-order chi connectivity index (χ0) is 30.0. The van der Waals surface area contributed by atoms with E-state index < -0.39 is 6.03 Å². The summed E-state index contributed by atoms with van der Waals surface area (Å²) in [6.45, 7) is 9.82. The Hall–Kier alpha value is -3.97. The molecule has 226 valence electrons. The number of carbonyl (C=O) groups is 1. The van der Waals surface area contributed by atoms with Crippen molar-refractivity contribution in [2.75, 3.05) is 50.1 Å². The number of aliphatic hydroxyl groups is 1. The second-order valence-corrected chi connectivity index (χ2v) is 12.7. The molecule has 12 heteroatoms. The monoisotopic (exact) mass is 604 g/mol. The maximum atomic E-state index is 12.4. The van der Waals surface area contributed by atoms with Crippen LogP contribution in [-0.2, 0) is 10.2 Å². The molecule has 2 aromatic carbocycles. The maximum absolute atomic E-state index is 12.4. The van der Waals surface area contributed by atoms with Gasteiger partial charge in [0, 0.05) is 52.5 Å². The van der Waals surface area contributed by atoms with E-state index in [0.717, 1.165) is 63.6 Å². The molecule has 1 atom stereocenters. The van der Waals surface area contributed by atoms with Crippen LogP contribution >= 0.6 is 11.3 Å². The number of urea groups is 1. The van der Waals surface area contributed by atoms with E-state index in [4.69, 9.17) is 24.1 Å². The average molecular weight is 605 g/mol. The average Bonchev–Trinajstić information content (AvgIpc) is 3.76. The Bertz CT molecular complexity index is 1700. The molecule has 1 fully saturated rings. The fraction of sp³-hybridized carbons (Fsp3) is 0.387. The molecule has 11 nitrogen and oxygen atoms in total. The van der Waals surface area contributed by atoms with E-state index in [9.17, 15) is 4.79 Å². The first-order valence-electron chi connectivity index (χ1n) is 14.4. The number of amides is 2. The molecule has 6 rings (SSSR count). The van der Waals surface area contributed by atoms with Crippen molar-refractivity contribution >= 4 is 49.3 Å². The number of likely N-dealkylation sites (tertiary alicyclic amines) is 1. The van der Waals surface area contributed by atoms with E-state index in [1.54, 1.807) is 17.4 Å². The molecule has 4 N–H and O–H groups in total. The number of aromatic amines is 1. The first kappa shape index (κ1) is 29.1. The van der Waals surface area contributed by atoms with Crippen LogP contribution in [0.3, 0.4) is 0 Å². The van der Waals surface area contributed by atoms with E-state index in [0.29, 0.717) is 30.5 Å². The van der Waals surface area contributed by atoms with Gasteiger partial charge in [-0.05, 0) is 48.9 Å². The summed E-state index contributed by atoms with van der Waals surface area (Å²) < 4.78 is 18.1. The predicted molar refractivity (Wildman–Crippen MR) is 168 cm³/mol. The largest absolute Gasteiger partial charge is 0.492 e. The third-order valence-corrected chi connectivity index (χ3v) is 8.40. The van der Waals surface area contributed by atoms with Crippen LogP contribution in [0.25, 0.3) is 31.8 Å². The van der Waals surface area contributed by atoms with Crippen molar-refractivity contribution in [1.29, 1.82) is 0 Å².